The number of aromatic nitrogens is 2. The van der Waals surface area contributed by atoms with E-state index in [9.17, 15) is 0 Å². The Bertz CT molecular complexity index is 621. The summed E-state index contributed by atoms with van der Waals surface area (Å²) >= 11 is 1.67. The Morgan fingerprint density at radius 1 is 1.40 bits per heavy atom. The van der Waals surface area contributed by atoms with E-state index in [0.717, 1.165) is 60.9 Å². The number of ether oxygens (including phenoxy) is 1. The van der Waals surface area contributed by atoms with Crippen LogP contribution >= 0.6 is 11.3 Å². The molecule has 0 fully saturated rings. The van der Waals surface area contributed by atoms with E-state index in [1.807, 2.05) is 0 Å². The lowest BCUT2D eigenvalue weighted by atomic mass is 10.1. The van der Waals surface area contributed by atoms with E-state index < -0.39 is 0 Å². The largest absolute Gasteiger partial charge is 0.377 e. The molecule has 2 aromatic heterocycles. The molecule has 2 aromatic rings. The molecule has 1 aliphatic heterocycles. The molecule has 20 heavy (non-hydrogen) atoms. The lowest BCUT2D eigenvalue weighted by Crippen LogP contribution is -2.10. The van der Waals surface area contributed by atoms with E-state index in [1.165, 1.54) is 5.57 Å². The second-order valence-corrected chi connectivity index (χ2v) is 5.74. The van der Waals surface area contributed by atoms with Gasteiger partial charge in [0, 0.05) is 13.0 Å². The minimum Gasteiger partial charge on any atom is -0.377 e. The Kier molecular flexibility index (Phi) is 4.28. The van der Waals surface area contributed by atoms with Crippen molar-refractivity contribution in [2.75, 3.05) is 25.1 Å². The van der Waals surface area contributed by atoms with Gasteiger partial charge < -0.3 is 10.1 Å². The molecule has 106 valence electrons. The molecular weight excluding hydrogens is 270 g/mol. The maximum atomic E-state index is 5.33. The highest BCUT2D eigenvalue weighted by Crippen LogP contribution is 2.25. The maximum Gasteiger partial charge on any atom is 0.138 e. The number of aryl methyl sites for hydroxylation is 1. The van der Waals surface area contributed by atoms with E-state index >= 15 is 0 Å². The van der Waals surface area contributed by atoms with Crippen LogP contribution in [0.15, 0.2) is 23.1 Å². The topological polar surface area (TPSA) is 47.0 Å². The Labute approximate surface area is 122 Å². The van der Waals surface area contributed by atoms with Crippen molar-refractivity contribution in [3.05, 3.63) is 28.9 Å². The van der Waals surface area contributed by atoms with Crippen molar-refractivity contribution in [2.24, 2.45) is 0 Å². The fraction of sp³-hybridized carbons (Fsp3) is 0.467. The molecule has 3 heterocycles. The van der Waals surface area contributed by atoms with E-state index in [-0.39, 0.29) is 0 Å². The van der Waals surface area contributed by atoms with E-state index in [2.05, 4.69) is 39.7 Å². The molecule has 0 amide bonds. The average molecular weight is 289 g/mol. The zero-order valence-electron chi connectivity index (χ0n) is 11.7. The first-order valence-electron chi connectivity index (χ1n) is 7.10. The third kappa shape index (κ3) is 2.99. The lowest BCUT2D eigenvalue weighted by Gasteiger charge is -2.14. The first kappa shape index (κ1) is 13.5. The first-order chi connectivity index (χ1) is 9.86. The van der Waals surface area contributed by atoms with Crippen LogP contribution in [0.4, 0.5) is 5.82 Å². The van der Waals surface area contributed by atoms with E-state index in [4.69, 9.17) is 4.74 Å². The van der Waals surface area contributed by atoms with Crippen LogP contribution in [0.2, 0.25) is 0 Å². The van der Waals surface area contributed by atoms with Crippen LogP contribution in [0.1, 0.15) is 25.6 Å². The number of hydrogen-bond donors (Lipinski definition) is 1. The van der Waals surface area contributed by atoms with Crippen LogP contribution in [-0.2, 0) is 11.2 Å². The molecule has 0 spiro atoms. The molecule has 0 saturated carbocycles. The quantitative estimate of drug-likeness (QED) is 0.857. The van der Waals surface area contributed by atoms with Crippen molar-refractivity contribution in [1.82, 2.24) is 9.97 Å². The van der Waals surface area contributed by atoms with Gasteiger partial charge in [0.1, 0.15) is 16.5 Å². The number of hydrogen-bond acceptors (Lipinski definition) is 5. The summed E-state index contributed by atoms with van der Waals surface area (Å²) in [6.07, 6.45) is 5.17. The molecule has 0 bridgehead atoms. The Morgan fingerprint density at radius 2 is 2.35 bits per heavy atom. The molecule has 0 aromatic carbocycles. The van der Waals surface area contributed by atoms with Crippen molar-refractivity contribution >= 4 is 27.4 Å². The van der Waals surface area contributed by atoms with Crippen molar-refractivity contribution < 1.29 is 4.74 Å². The Balaban J connectivity index is 1.70. The molecular formula is C15H19N3OS. The van der Waals surface area contributed by atoms with Crippen molar-refractivity contribution in [1.29, 1.82) is 0 Å². The van der Waals surface area contributed by atoms with Crippen LogP contribution < -0.4 is 5.32 Å². The van der Waals surface area contributed by atoms with E-state index in [0.29, 0.717) is 0 Å². The summed E-state index contributed by atoms with van der Waals surface area (Å²) in [4.78, 5) is 10.2. The maximum absolute atomic E-state index is 5.33. The standard InChI is InChI=1S/C15H19N3OS/c1-2-13-17-14(12-6-10-20-15(12)18-13)16-7-3-11-4-8-19-9-5-11/h4,6,10H,2-3,5,7-9H2,1H3,(H,16,17,18). The number of thiophene rings is 1. The zero-order chi connectivity index (χ0) is 13.8. The second kappa shape index (κ2) is 6.33. The predicted molar refractivity (Wildman–Crippen MR) is 83.4 cm³/mol. The van der Waals surface area contributed by atoms with Crippen molar-refractivity contribution in [3.8, 4) is 0 Å². The molecule has 4 nitrogen and oxygen atoms in total. The predicted octanol–water partition coefficient (Wildman–Crippen LogP) is 3.40. The van der Waals surface area contributed by atoms with Gasteiger partial charge >= 0.3 is 0 Å². The smallest absolute Gasteiger partial charge is 0.138 e. The van der Waals surface area contributed by atoms with Crippen LogP contribution in [-0.4, -0.2) is 29.7 Å². The van der Waals surface area contributed by atoms with Gasteiger partial charge in [-0.1, -0.05) is 18.6 Å². The Hall–Kier alpha value is -1.46. The molecule has 0 saturated heterocycles. The first-order valence-corrected chi connectivity index (χ1v) is 7.98. The van der Waals surface area contributed by atoms with Gasteiger partial charge in [0.15, 0.2) is 0 Å². The Morgan fingerprint density at radius 3 is 3.15 bits per heavy atom. The third-order valence-corrected chi connectivity index (χ3v) is 4.29. The molecule has 0 atom stereocenters. The SMILES string of the molecule is CCc1nc(NCCC2=CCOCC2)c2ccsc2n1. The van der Waals surface area contributed by atoms with Crippen LogP contribution in [0.3, 0.4) is 0 Å². The number of rotatable bonds is 5. The minimum absolute atomic E-state index is 0.762. The minimum atomic E-state index is 0.762. The number of fused-ring (bicyclic) bond motifs is 1. The lowest BCUT2D eigenvalue weighted by molar-refractivity contribution is 0.153. The molecule has 0 radical (unpaired) electrons. The molecule has 0 aliphatic carbocycles. The highest BCUT2D eigenvalue weighted by Gasteiger charge is 2.08. The van der Waals surface area contributed by atoms with Gasteiger partial charge in [-0.25, -0.2) is 9.97 Å². The highest BCUT2D eigenvalue weighted by atomic mass is 32.1. The number of nitrogens with zero attached hydrogens (tertiary/aromatic N) is 2. The van der Waals surface area contributed by atoms with Crippen LogP contribution in [0.5, 0.6) is 0 Å². The normalized spacial score (nSPS) is 15.3. The summed E-state index contributed by atoms with van der Waals surface area (Å²) in [5.74, 6) is 1.88. The molecule has 1 N–H and O–H groups in total. The van der Waals surface area contributed by atoms with Gasteiger partial charge in [-0.3, -0.25) is 0 Å². The van der Waals surface area contributed by atoms with Gasteiger partial charge in [0.2, 0.25) is 0 Å². The van der Waals surface area contributed by atoms with Crippen LogP contribution in [0.25, 0.3) is 10.2 Å². The molecule has 3 rings (SSSR count). The van der Waals surface area contributed by atoms with Gasteiger partial charge in [-0.05, 0) is 24.3 Å². The summed E-state index contributed by atoms with van der Waals surface area (Å²) in [6, 6.07) is 2.09. The van der Waals surface area contributed by atoms with Gasteiger partial charge in [-0.2, -0.15) is 0 Å². The average Bonchev–Trinajstić information content (AvgIpc) is 2.96. The molecule has 0 unspecified atom stereocenters. The van der Waals surface area contributed by atoms with Gasteiger partial charge in [0.25, 0.3) is 0 Å². The van der Waals surface area contributed by atoms with Gasteiger partial charge in [0.05, 0.1) is 18.6 Å². The summed E-state index contributed by atoms with van der Waals surface area (Å²) in [6.45, 7) is 4.62. The van der Waals surface area contributed by atoms with E-state index in [1.54, 1.807) is 11.3 Å². The number of nitrogens with one attached hydrogen (secondary N) is 1. The summed E-state index contributed by atoms with van der Waals surface area (Å²) in [5, 5.41) is 6.68. The van der Waals surface area contributed by atoms with Gasteiger partial charge in [-0.15, -0.1) is 11.3 Å². The monoisotopic (exact) mass is 289 g/mol. The fourth-order valence-corrected chi connectivity index (χ4v) is 3.11. The van der Waals surface area contributed by atoms with Crippen molar-refractivity contribution in [2.45, 2.75) is 26.2 Å². The summed E-state index contributed by atoms with van der Waals surface area (Å²) in [7, 11) is 0. The molecule has 1 aliphatic rings. The second-order valence-electron chi connectivity index (χ2n) is 4.85. The van der Waals surface area contributed by atoms with Crippen LogP contribution in [0, 0.1) is 0 Å². The molecule has 5 heteroatoms. The number of anilines is 1. The fourth-order valence-electron chi connectivity index (χ4n) is 2.33. The summed E-state index contributed by atoms with van der Waals surface area (Å²) in [5.41, 5.74) is 1.48. The third-order valence-electron chi connectivity index (χ3n) is 3.48. The van der Waals surface area contributed by atoms with Crippen molar-refractivity contribution in [3.63, 3.8) is 0 Å². The zero-order valence-corrected chi connectivity index (χ0v) is 12.5. The summed E-state index contributed by atoms with van der Waals surface area (Å²) < 4.78 is 5.33. The highest BCUT2D eigenvalue weighted by molar-refractivity contribution is 7.16.